The molecule has 0 bridgehead atoms. The lowest BCUT2D eigenvalue weighted by Gasteiger charge is -2.03. The van der Waals surface area contributed by atoms with Gasteiger partial charge in [0.2, 0.25) is 0 Å². The summed E-state index contributed by atoms with van der Waals surface area (Å²) in [7, 11) is 1.56. The molecule has 3 rings (SSSR count). The van der Waals surface area contributed by atoms with Crippen LogP contribution in [0.1, 0.15) is 11.4 Å². The van der Waals surface area contributed by atoms with Gasteiger partial charge in [-0.05, 0) is 24.1 Å². The molecule has 0 unspecified atom stereocenters. The summed E-state index contributed by atoms with van der Waals surface area (Å²) in [5.41, 5.74) is -0.559. The van der Waals surface area contributed by atoms with Gasteiger partial charge in [-0.25, -0.2) is 14.3 Å². The molecule has 0 spiro atoms. The average Bonchev–Trinajstić information content (AvgIpc) is 3.06. The Morgan fingerprint density at radius 2 is 2.16 bits per heavy atom. The van der Waals surface area contributed by atoms with E-state index in [4.69, 9.17) is 17.0 Å². The quantitative estimate of drug-likeness (QED) is 0.491. The van der Waals surface area contributed by atoms with Crippen molar-refractivity contribution >= 4 is 11.2 Å². The molecule has 0 aliphatic carbocycles. The van der Waals surface area contributed by atoms with Gasteiger partial charge in [0.1, 0.15) is 5.75 Å². The lowest BCUT2D eigenvalue weighted by Crippen LogP contribution is -2.42. The highest BCUT2D eigenvalue weighted by atomic mass is 16.5. The molecule has 2 heterocycles. The van der Waals surface area contributed by atoms with Crippen molar-refractivity contribution in [1.29, 1.82) is 0 Å². The van der Waals surface area contributed by atoms with Crippen molar-refractivity contribution in [3.63, 3.8) is 0 Å². The van der Waals surface area contributed by atoms with Crippen molar-refractivity contribution < 1.29 is 4.74 Å². The number of rotatable bonds is 2. The first-order chi connectivity index (χ1) is 12.0. The van der Waals surface area contributed by atoms with Gasteiger partial charge in [-0.3, -0.25) is 4.79 Å². The number of hydrogen-bond acceptors (Lipinski definition) is 5. The predicted octanol–water partition coefficient (Wildman–Crippen LogP) is -0.358. The van der Waals surface area contributed by atoms with E-state index in [0.29, 0.717) is 11.3 Å². The highest BCUT2D eigenvalue weighted by molar-refractivity contribution is 5.71. The van der Waals surface area contributed by atoms with Crippen molar-refractivity contribution in [2.75, 3.05) is 13.0 Å². The van der Waals surface area contributed by atoms with Crippen molar-refractivity contribution in [1.82, 2.24) is 19.2 Å². The van der Waals surface area contributed by atoms with Gasteiger partial charge in [0.25, 0.3) is 5.56 Å². The molecule has 1 aromatic carbocycles. The number of nitrogen functional groups attached to an aromatic ring is 1. The van der Waals surface area contributed by atoms with Crippen LogP contribution in [0, 0.1) is 24.2 Å². The maximum absolute atomic E-state index is 12.3. The fourth-order valence-corrected chi connectivity index (χ4v) is 2.25. The monoisotopic (exact) mass is 335 g/mol. The Hall–Kier alpha value is -3.91. The van der Waals surface area contributed by atoms with Crippen LogP contribution in [0.4, 0.5) is 0 Å². The van der Waals surface area contributed by atoms with Crippen LogP contribution in [0.25, 0.3) is 11.2 Å². The number of fused-ring (bicyclic) bond motifs is 1. The van der Waals surface area contributed by atoms with E-state index in [1.165, 1.54) is 0 Å². The Morgan fingerprint density at radius 3 is 2.88 bits per heavy atom. The Balaban J connectivity index is 2.12. The predicted molar refractivity (Wildman–Crippen MR) is 92.6 cm³/mol. The minimum absolute atomic E-state index is 0.0122. The van der Waals surface area contributed by atoms with Crippen molar-refractivity contribution in [3.05, 3.63) is 56.5 Å². The second-order valence-corrected chi connectivity index (χ2v) is 5.01. The molecule has 0 amide bonds. The molecule has 0 fully saturated rings. The molecule has 2 aromatic heterocycles. The van der Waals surface area contributed by atoms with E-state index < -0.39 is 11.2 Å². The summed E-state index contributed by atoms with van der Waals surface area (Å²) in [6, 6.07) is 7.16. The number of aromatic amines is 1. The molecule has 8 heteroatoms. The second kappa shape index (κ2) is 6.30. The number of H-pyrrole nitrogens is 1. The van der Waals surface area contributed by atoms with Crippen LogP contribution in [0.3, 0.4) is 0 Å². The molecule has 0 saturated carbocycles. The third kappa shape index (κ3) is 2.84. The highest BCUT2D eigenvalue weighted by Gasteiger charge is 2.14. The summed E-state index contributed by atoms with van der Waals surface area (Å²) in [5, 5.41) is 0. The molecular weight excluding hydrogens is 322 g/mol. The van der Waals surface area contributed by atoms with Gasteiger partial charge in [-0.1, -0.05) is 17.9 Å². The topological polar surface area (TPSA) is 108 Å². The standard InChI is InChI=1S/C17H13N5O3/c1-3-9-21-16(23)14-15(22(18)17(21)24)20-13(19-14)8-7-11-5-4-6-12(10-11)25-2/h1,4-6,10H,9,18H2,2H3,(H,19,20). The fraction of sp³-hybridized carbons (Fsp3) is 0.118. The lowest BCUT2D eigenvalue weighted by atomic mass is 10.2. The molecular formula is C17H13N5O3. The third-order valence-electron chi connectivity index (χ3n) is 3.45. The second-order valence-electron chi connectivity index (χ2n) is 5.01. The minimum Gasteiger partial charge on any atom is -0.497 e. The van der Waals surface area contributed by atoms with Crippen LogP contribution in [-0.2, 0) is 6.54 Å². The Bertz CT molecular complexity index is 1180. The van der Waals surface area contributed by atoms with E-state index >= 15 is 0 Å². The molecule has 0 atom stereocenters. The number of imidazole rings is 1. The van der Waals surface area contributed by atoms with Crippen LogP contribution in [0.5, 0.6) is 5.75 Å². The molecule has 3 aromatic rings. The van der Waals surface area contributed by atoms with Crippen LogP contribution >= 0.6 is 0 Å². The van der Waals surface area contributed by atoms with E-state index in [0.717, 1.165) is 9.24 Å². The number of terminal acetylenes is 1. The summed E-state index contributed by atoms with van der Waals surface area (Å²) in [6.45, 7) is -0.186. The normalized spacial score (nSPS) is 10.1. The number of nitrogens with two attached hydrogens (primary N) is 1. The van der Waals surface area contributed by atoms with E-state index in [1.54, 1.807) is 31.4 Å². The summed E-state index contributed by atoms with van der Waals surface area (Å²) < 4.78 is 6.74. The first-order valence-corrected chi connectivity index (χ1v) is 7.15. The zero-order valence-corrected chi connectivity index (χ0v) is 13.2. The molecule has 0 aliphatic heterocycles. The third-order valence-corrected chi connectivity index (χ3v) is 3.45. The SMILES string of the molecule is C#CCn1c(=O)c2[nH]c(C#Cc3cccc(OC)c3)nc2n(N)c1=O. The molecule has 8 nitrogen and oxygen atoms in total. The van der Waals surface area contributed by atoms with Gasteiger partial charge in [0, 0.05) is 5.56 Å². The van der Waals surface area contributed by atoms with Gasteiger partial charge >= 0.3 is 5.69 Å². The van der Waals surface area contributed by atoms with Crippen molar-refractivity contribution in [3.8, 4) is 29.9 Å². The fourth-order valence-electron chi connectivity index (χ4n) is 2.25. The number of methoxy groups -OCH3 is 1. The number of benzene rings is 1. The van der Waals surface area contributed by atoms with Crippen LogP contribution in [0.15, 0.2) is 33.9 Å². The summed E-state index contributed by atoms with van der Waals surface area (Å²) in [5.74, 6) is 14.5. The first kappa shape index (κ1) is 16.0. The average molecular weight is 335 g/mol. The van der Waals surface area contributed by atoms with Crippen LogP contribution < -0.4 is 21.8 Å². The molecule has 0 radical (unpaired) electrons. The lowest BCUT2D eigenvalue weighted by molar-refractivity contribution is 0.414. The van der Waals surface area contributed by atoms with Gasteiger partial charge in [0.05, 0.1) is 13.7 Å². The molecule has 25 heavy (non-hydrogen) atoms. The largest absolute Gasteiger partial charge is 0.497 e. The zero-order chi connectivity index (χ0) is 18.0. The van der Waals surface area contributed by atoms with Gasteiger partial charge in [-0.15, -0.1) is 6.42 Å². The molecule has 0 aliphatic rings. The maximum atomic E-state index is 12.3. The summed E-state index contributed by atoms with van der Waals surface area (Å²) in [6.07, 6.45) is 5.18. The summed E-state index contributed by atoms with van der Waals surface area (Å²) in [4.78, 5) is 31.3. The molecule has 3 N–H and O–H groups in total. The van der Waals surface area contributed by atoms with Gasteiger partial charge in [-0.2, -0.15) is 4.68 Å². The van der Waals surface area contributed by atoms with E-state index in [1.807, 2.05) is 0 Å². The van der Waals surface area contributed by atoms with Gasteiger partial charge < -0.3 is 15.6 Å². The number of ether oxygens (including phenoxy) is 1. The Morgan fingerprint density at radius 1 is 1.36 bits per heavy atom. The zero-order valence-electron chi connectivity index (χ0n) is 13.2. The molecule has 0 saturated heterocycles. The van der Waals surface area contributed by atoms with Crippen LogP contribution in [-0.4, -0.2) is 26.3 Å². The van der Waals surface area contributed by atoms with Crippen LogP contribution in [0.2, 0.25) is 0 Å². The number of nitrogens with zero attached hydrogens (tertiary/aromatic N) is 3. The van der Waals surface area contributed by atoms with Crippen molar-refractivity contribution in [2.45, 2.75) is 6.54 Å². The molecule has 124 valence electrons. The van der Waals surface area contributed by atoms with E-state index in [-0.39, 0.29) is 23.5 Å². The maximum Gasteiger partial charge on any atom is 0.352 e. The Kier molecular flexibility index (Phi) is 4.02. The highest BCUT2D eigenvalue weighted by Crippen LogP contribution is 2.11. The van der Waals surface area contributed by atoms with E-state index in [2.05, 4.69) is 27.7 Å². The minimum atomic E-state index is -0.741. The smallest absolute Gasteiger partial charge is 0.352 e. The number of hydrogen-bond donors (Lipinski definition) is 2. The first-order valence-electron chi connectivity index (χ1n) is 7.15. The van der Waals surface area contributed by atoms with Gasteiger partial charge in [0.15, 0.2) is 17.0 Å². The number of aromatic nitrogens is 4. The Labute approximate surface area is 141 Å². The van der Waals surface area contributed by atoms with E-state index in [9.17, 15) is 9.59 Å². The summed E-state index contributed by atoms with van der Waals surface area (Å²) >= 11 is 0. The van der Waals surface area contributed by atoms with Crippen molar-refractivity contribution in [2.24, 2.45) is 0 Å². The number of nitrogens with one attached hydrogen (secondary N) is 1.